The van der Waals surface area contributed by atoms with Crippen molar-refractivity contribution in [2.24, 2.45) is 0 Å². The predicted octanol–water partition coefficient (Wildman–Crippen LogP) is 1.82. The molecule has 0 spiro atoms. The maximum absolute atomic E-state index is 12.8. The number of ether oxygens (including phenoxy) is 1. The fourth-order valence-electron chi connectivity index (χ4n) is 4.04. The lowest BCUT2D eigenvalue weighted by atomic mass is 10.1. The highest BCUT2D eigenvalue weighted by Gasteiger charge is 2.29. The average Bonchev–Trinajstić information content (AvgIpc) is 3.42. The number of piperidine rings is 1. The van der Waals surface area contributed by atoms with Crippen molar-refractivity contribution >= 4 is 11.8 Å². The van der Waals surface area contributed by atoms with Crippen LogP contribution in [0.5, 0.6) is 5.75 Å². The fraction of sp³-hybridized carbons (Fsp3) is 0.524. The van der Waals surface area contributed by atoms with E-state index in [2.05, 4.69) is 5.32 Å². The largest absolute Gasteiger partial charge is 0.489 e. The van der Waals surface area contributed by atoms with E-state index in [4.69, 9.17) is 4.74 Å². The molecule has 6 heteroatoms. The SMILES string of the molecule is O=C(c1ccccc1OC1CCN(C(=O)[C@H]2C=CCN2)CC1)N1CCCC1. The van der Waals surface area contributed by atoms with Crippen LogP contribution >= 0.6 is 0 Å². The maximum atomic E-state index is 12.8. The maximum Gasteiger partial charge on any atom is 0.257 e. The predicted molar refractivity (Wildman–Crippen MR) is 103 cm³/mol. The molecule has 2 fully saturated rings. The summed E-state index contributed by atoms with van der Waals surface area (Å²) in [4.78, 5) is 29.1. The molecule has 3 heterocycles. The lowest BCUT2D eigenvalue weighted by molar-refractivity contribution is -0.133. The van der Waals surface area contributed by atoms with Crippen LogP contribution in [0.15, 0.2) is 36.4 Å². The minimum atomic E-state index is -0.179. The van der Waals surface area contributed by atoms with Crippen LogP contribution in [0.4, 0.5) is 0 Å². The molecule has 6 nitrogen and oxygen atoms in total. The van der Waals surface area contributed by atoms with Gasteiger partial charge < -0.3 is 14.5 Å². The minimum Gasteiger partial charge on any atom is -0.489 e. The van der Waals surface area contributed by atoms with Gasteiger partial charge in [0.25, 0.3) is 5.91 Å². The third kappa shape index (κ3) is 4.00. The summed E-state index contributed by atoms with van der Waals surface area (Å²) in [6.45, 7) is 3.81. The number of para-hydroxylation sites is 1. The van der Waals surface area contributed by atoms with E-state index in [9.17, 15) is 9.59 Å². The molecule has 0 bridgehead atoms. The topological polar surface area (TPSA) is 61.9 Å². The van der Waals surface area contributed by atoms with E-state index >= 15 is 0 Å². The van der Waals surface area contributed by atoms with E-state index in [1.165, 1.54) is 0 Å². The van der Waals surface area contributed by atoms with E-state index in [1.54, 1.807) is 0 Å². The van der Waals surface area contributed by atoms with E-state index in [-0.39, 0.29) is 24.0 Å². The third-order valence-corrected chi connectivity index (χ3v) is 5.61. The highest BCUT2D eigenvalue weighted by molar-refractivity contribution is 5.97. The van der Waals surface area contributed by atoms with Crippen LogP contribution in [0.3, 0.4) is 0 Å². The molecule has 1 atom stereocenters. The Labute approximate surface area is 160 Å². The van der Waals surface area contributed by atoms with Gasteiger partial charge in [-0.2, -0.15) is 0 Å². The zero-order valence-corrected chi connectivity index (χ0v) is 15.6. The van der Waals surface area contributed by atoms with Gasteiger partial charge in [-0.25, -0.2) is 0 Å². The number of likely N-dealkylation sites (tertiary alicyclic amines) is 2. The first-order valence-electron chi connectivity index (χ1n) is 9.96. The average molecular weight is 369 g/mol. The van der Waals surface area contributed by atoms with Gasteiger partial charge in [0.15, 0.2) is 0 Å². The Hall–Kier alpha value is -2.34. The number of carbonyl (C=O) groups excluding carboxylic acids is 2. The van der Waals surface area contributed by atoms with Gasteiger partial charge in [-0.15, -0.1) is 0 Å². The summed E-state index contributed by atoms with van der Waals surface area (Å²) in [6.07, 6.45) is 7.69. The molecule has 2 saturated heterocycles. The number of hydrogen-bond donors (Lipinski definition) is 1. The van der Waals surface area contributed by atoms with Crippen LogP contribution in [-0.2, 0) is 4.79 Å². The molecule has 0 unspecified atom stereocenters. The lowest BCUT2D eigenvalue weighted by Gasteiger charge is -2.33. The molecule has 0 radical (unpaired) electrons. The van der Waals surface area contributed by atoms with Crippen molar-refractivity contribution in [3.63, 3.8) is 0 Å². The van der Waals surface area contributed by atoms with Gasteiger partial charge in [0.05, 0.1) is 5.56 Å². The van der Waals surface area contributed by atoms with Gasteiger partial charge in [0.1, 0.15) is 17.9 Å². The number of benzene rings is 1. The molecule has 0 aromatic heterocycles. The molecule has 1 aromatic carbocycles. The summed E-state index contributed by atoms with van der Waals surface area (Å²) in [6, 6.07) is 7.36. The summed E-state index contributed by atoms with van der Waals surface area (Å²) in [5, 5.41) is 3.18. The number of carbonyl (C=O) groups is 2. The van der Waals surface area contributed by atoms with Gasteiger partial charge in [-0.1, -0.05) is 24.3 Å². The van der Waals surface area contributed by atoms with Crippen molar-refractivity contribution < 1.29 is 14.3 Å². The molecule has 1 N–H and O–H groups in total. The van der Waals surface area contributed by atoms with Crippen molar-refractivity contribution in [2.45, 2.75) is 37.8 Å². The Morgan fingerprint density at radius 3 is 2.44 bits per heavy atom. The second kappa shape index (κ2) is 8.13. The second-order valence-corrected chi connectivity index (χ2v) is 7.45. The molecule has 27 heavy (non-hydrogen) atoms. The van der Waals surface area contributed by atoms with E-state index in [0.717, 1.165) is 45.3 Å². The highest BCUT2D eigenvalue weighted by Crippen LogP contribution is 2.26. The van der Waals surface area contributed by atoms with Crippen LogP contribution in [0.2, 0.25) is 0 Å². The summed E-state index contributed by atoms with van der Waals surface area (Å²) < 4.78 is 6.21. The monoisotopic (exact) mass is 369 g/mol. The zero-order chi connectivity index (χ0) is 18.6. The second-order valence-electron chi connectivity index (χ2n) is 7.45. The molecule has 0 aliphatic carbocycles. The molecular formula is C21H27N3O3. The van der Waals surface area contributed by atoms with Crippen LogP contribution in [0.1, 0.15) is 36.0 Å². The Morgan fingerprint density at radius 2 is 1.74 bits per heavy atom. The minimum absolute atomic E-state index is 0.0358. The quantitative estimate of drug-likeness (QED) is 0.823. The molecule has 3 aliphatic rings. The number of nitrogens with one attached hydrogen (secondary N) is 1. The number of nitrogens with zero attached hydrogens (tertiary/aromatic N) is 2. The molecule has 2 amide bonds. The number of hydrogen-bond acceptors (Lipinski definition) is 4. The molecule has 4 rings (SSSR count). The van der Waals surface area contributed by atoms with Gasteiger partial charge in [0.2, 0.25) is 5.91 Å². The van der Waals surface area contributed by atoms with Crippen LogP contribution in [-0.4, -0.2) is 66.5 Å². The first-order valence-corrected chi connectivity index (χ1v) is 9.96. The first-order chi connectivity index (χ1) is 13.2. The van der Waals surface area contributed by atoms with Crippen molar-refractivity contribution in [2.75, 3.05) is 32.7 Å². The molecule has 0 saturated carbocycles. The smallest absolute Gasteiger partial charge is 0.257 e. The van der Waals surface area contributed by atoms with Gasteiger partial charge >= 0.3 is 0 Å². The normalized spacial score (nSPS) is 23.0. The van der Waals surface area contributed by atoms with Crippen LogP contribution in [0.25, 0.3) is 0 Å². The highest BCUT2D eigenvalue weighted by atomic mass is 16.5. The molecule has 1 aromatic rings. The van der Waals surface area contributed by atoms with Crippen LogP contribution in [0, 0.1) is 0 Å². The molecular weight excluding hydrogens is 342 g/mol. The molecule has 144 valence electrons. The molecule has 3 aliphatic heterocycles. The third-order valence-electron chi connectivity index (χ3n) is 5.61. The Bertz CT molecular complexity index is 719. The lowest BCUT2D eigenvalue weighted by Crippen LogP contribution is -2.48. The van der Waals surface area contributed by atoms with Gasteiger partial charge in [-0.3, -0.25) is 14.9 Å². The zero-order valence-electron chi connectivity index (χ0n) is 15.6. The van der Waals surface area contributed by atoms with Crippen molar-refractivity contribution in [1.29, 1.82) is 0 Å². The fourth-order valence-corrected chi connectivity index (χ4v) is 4.04. The van der Waals surface area contributed by atoms with E-state index in [0.29, 0.717) is 24.4 Å². The first kappa shape index (κ1) is 18.0. The van der Waals surface area contributed by atoms with E-state index < -0.39 is 0 Å². The summed E-state index contributed by atoms with van der Waals surface area (Å²) in [5.74, 6) is 0.876. The van der Waals surface area contributed by atoms with Crippen molar-refractivity contribution in [3.05, 3.63) is 42.0 Å². The van der Waals surface area contributed by atoms with Crippen molar-refractivity contribution in [1.82, 2.24) is 15.1 Å². The number of rotatable bonds is 4. The Kier molecular flexibility index (Phi) is 5.43. The van der Waals surface area contributed by atoms with Crippen molar-refractivity contribution in [3.8, 4) is 5.75 Å². The number of amides is 2. The van der Waals surface area contributed by atoms with E-state index in [1.807, 2.05) is 46.2 Å². The summed E-state index contributed by atoms with van der Waals surface area (Å²) >= 11 is 0. The van der Waals surface area contributed by atoms with Crippen LogP contribution < -0.4 is 10.1 Å². The summed E-state index contributed by atoms with van der Waals surface area (Å²) in [5.41, 5.74) is 0.651. The summed E-state index contributed by atoms with van der Waals surface area (Å²) in [7, 11) is 0. The standard InChI is InChI=1S/C21H27N3O3/c25-20(23-12-3-4-13-23)17-6-1-2-8-19(17)27-16-9-14-24(15-10-16)21(26)18-7-5-11-22-18/h1-2,5-8,16,18,22H,3-4,9-15H2/t18-/m1/s1. The van der Waals surface area contributed by atoms with Gasteiger partial charge in [-0.05, 0) is 25.0 Å². The Balaban J connectivity index is 1.36. The Morgan fingerprint density at radius 1 is 1.00 bits per heavy atom. The van der Waals surface area contributed by atoms with Gasteiger partial charge in [0, 0.05) is 45.6 Å².